The van der Waals surface area contributed by atoms with Crippen LogP contribution in [0.25, 0.3) is 21.5 Å². The molecule has 272 valence electrons. The molecule has 14 nitrogen and oxygen atoms in total. The van der Waals surface area contributed by atoms with Crippen LogP contribution in [0.5, 0.6) is 28.7 Å². The van der Waals surface area contributed by atoms with Crippen LogP contribution in [0.1, 0.15) is 23.6 Å². The highest BCUT2D eigenvalue weighted by Crippen LogP contribution is 2.47. The van der Waals surface area contributed by atoms with Gasteiger partial charge in [0.25, 0.3) is 10.1 Å². The Morgan fingerprint density at radius 2 is 1.60 bits per heavy atom. The van der Waals surface area contributed by atoms with Gasteiger partial charge in [0.2, 0.25) is 5.91 Å². The molecule has 0 radical (unpaired) electrons. The highest BCUT2D eigenvalue weighted by Gasteiger charge is 2.22. The summed E-state index contributed by atoms with van der Waals surface area (Å²) in [6.07, 6.45) is 0. The minimum atomic E-state index is -4.71. The van der Waals surface area contributed by atoms with E-state index in [1.807, 2.05) is 50.2 Å². The van der Waals surface area contributed by atoms with Crippen molar-refractivity contribution in [3.8, 4) is 28.7 Å². The summed E-state index contributed by atoms with van der Waals surface area (Å²) in [7, 11) is -4.71. The van der Waals surface area contributed by atoms with Crippen molar-refractivity contribution in [1.82, 2.24) is 0 Å². The van der Waals surface area contributed by atoms with E-state index in [1.54, 1.807) is 36.4 Å². The molecule has 6 aromatic carbocycles. The van der Waals surface area contributed by atoms with Crippen LogP contribution in [-0.2, 0) is 30.9 Å². The van der Waals surface area contributed by atoms with Gasteiger partial charge in [-0.25, -0.2) is 5.26 Å². The summed E-state index contributed by atoms with van der Waals surface area (Å²) < 4.78 is 50.4. The fourth-order valence-electron chi connectivity index (χ4n) is 5.62. The third kappa shape index (κ3) is 8.33. The molecule has 0 saturated heterocycles. The maximum Gasteiger partial charge on any atom is 0.294 e. The molecule has 5 N–H and O–H groups in total. The lowest BCUT2D eigenvalue weighted by atomic mass is 10.0. The predicted octanol–water partition coefficient (Wildman–Crippen LogP) is 9.44. The van der Waals surface area contributed by atoms with Gasteiger partial charge in [0.1, 0.15) is 35.3 Å². The first-order valence-electron chi connectivity index (χ1n) is 15.7. The fourth-order valence-corrected chi connectivity index (χ4v) is 6.66. The number of phenolic OH excluding ortho intramolecular Hbond substituents is 2. The molecule has 16 heteroatoms. The molecular formula is C37H31N3O11S2. The summed E-state index contributed by atoms with van der Waals surface area (Å²) in [5, 5.41) is 47.0. The van der Waals surface area contributed by atoms with Crippen molar-refractivity contribution in [2.75, 3.05) is 5.32 Å². The lowest BCUT2D eigenvalue weighted by molar-refractivity contribution is -0.432. The molecule has 0 atom stereocenters. The normalized spacial score (nSPS) is 11.7. The number of hydrogen-bond acceptors (Lipinski definition) is 13. The van der Waals surface area contributed by atoms with Crippen LogP contribution < -0.4 is 14.8 Å². The van der Waals surface area contributed by atoms with Crippen LogP contribution in [0.4, 0.5) is 17.1 Å². The van der Waals surface area contributed by atoms with Crippen molar-refractivity contribution in [1.29, 1.82) is 0 Å². The molecule has 0 saturated carbocycles. The Labute approximate surface area is 307 Å². The first-order chi connectivity index (χ1) is 25.3. The van der Waals surface area contributed by atoms with E-state index >= 15 is 0 Å². The van der Waals surface area contributed by atoms with Crippen molar-refractivity contribution in [3.05, 3.63) is 108 Å². The number of aryl methyl sites for hydroxylation is 2. The van der Waals surface area contributed by atoms with E-state index in [4.69, 9.17) is 14.7 Å². The molecule has 0 bridgehead atoms. The van der Waals surface area contributed by atoms with E-state index in [0.29, 0.717) is 51.3 Å². The first kappa shape index (κ1) is 37.0. The van der Waals surface area contributed by atoms with Crippen LogP contribution in [0.15, 0.2) is 111 Å². The highest BCUT2D eigenvalue weighted by atomic mass is 32.2. The zero-order valence-corrected chi connectivity index (χ0v) is 29.9. The number of benzene rings is 6. The van der Waals surface area contributed by atoms with Gasteiger partial charge in [-0.2, -0.15) is 13.5 Å². The lowest BCUT2D eigenvalue weighted by Crippen LogP contribution is -2.08. The van der Waals surface area contributed by atoms with E-state index in [1.165, 1.54) is 13.0 Å². The van der Waals surface area contributed by atoms with Crippen molar-refractivity contribution in [2.45, 2.75) is 37.2 Å². The van der Waals surface area contributed by atoms with E-state index in [-0.39, 0.29) is 39.4 Å². The number of phenols is 2. The Bertz CT molecular complexity index is 2510. The number of azo groups is 1. The summed E-state index contributed by atoms with van der Waals surface area (Å²) in [6.45, 7) is 5.24. The number of rotatable bonds is 12. The largest absolute Gasteiger partial charge is 0.507 e. The molecule has 0 aliphatic carbocycles. The van der Waals surface area contributed by atoms with Crippen LogP contribution >= 0.6 is 12.0 Å². The molecular weight excluding hydrogens is 727 g/mol. The van der Waals surface area contributed by atoms with Gasteiger partial charge >= 0.3 is 0 Å². The lowest BCUT2D eigenvalue weighted by Gasteiger charge is -2.15. The molecule has 53 heavy (non-hydrogen) atoms. The summed E-state index contributed by atoms with van der Waals surface area (Å²) in [6, 6.07) is 24.7. The zero-order chi connectivity index (χ0) is 37.9. The smallest absolute Gasteiger partial charge is 0.294 e. The molecule has 0 fully saturated rings. The second-order valence-electron chi connectivity index (χ2n) is 11.8. The number of fused-ring (bicyclic) bond motifs is 2. The molecule has 6 rings (SSSR count). The standard InChI is InChI=1S/C37H31N3O11S2/c1-20-8-13-31(21(2)14-20)48-19-24-16-32(28-6-4-5-7-29(28)36(24)42)49-26-11-9-25(10-12-26)39-40-35-33(52-51-50-44)17-23-15-27(53(45,46)47)18-30(38-22(3)41)34(23)37(35)43/h4-18,42-44H,19H2,1-3H3,(H,38,41)(H,45,46,47). The maximum absolute atomic E-state index is 11.9. The number of ether oxygens (including phenoxy) is 2. The van der Waals surface area contributed by atoms with Crippen LogP contribution in [0.3, 0.4) is 0 Å². The molecule has 0 unspecified atom stereocenters. The molecule has 6 aromatic rings. The fraction of sp³-hybridized carbons (Fsp3) is 0.108. The Balaban J connectivity index is 1.31. The predicted molar refractivity (Wildman–Crippen MR) is 197 cm³/mol. The minimum Gasteiger partial charge on any atom is -0.507 e. The maximum atomic E-state index is 11.9. The second kappa shape index (κ2) is 15.5. The van der Waals surface area contributed by atoms with Crippen molar-refractivity contribution < 1.29 is 52.1 Å². The summed E-state index contributed by atoms with van der Waals surface area (Å²) in [5.74, 6) is 0.592. The van der Waals surface area contributed by atoms with Gasteiger partial charge in [0.15, 0.2) is 5.75 Å². The molecule has 0 heterocycles. The van der Waals surface area contributed by atoms with Gasteiger partial charge in [0.05, 0.1) is 33.2 Å². The number of nitrogens with zero attached hydrogens (tertiary/aromatic N) is 2. The quantitative estimate of drug-likeness (QED) is 0.0260. The van der Waals surface area contributed by atoms with E-state index in [2.05, 4.69) is 24.9 Å². The molecule has 0 spiro atoms. The van der Waals surface area contributed by atoms with Crippen LogP contribution in [-0.4, -0.2) is 34.3 Å². The second-order valence-corrected chi connectivity index (χ2v) is 14.0. The Morgan fingerprint density at radius 3 is 2.28 bits per heavy atom. The van der Waals surface area contributed by atoms with Crippen molar-refractivity contribution in [3.63, 3.8) is 0 Å². The zero-order valence-electron chi connectivity index (χ0n) is 28.2. The average molecular weight is 758 g/mol. The van der Waals surface area contributed by atoms with Gasteiger partial charge in [-0.1, -0.05) is 47.0 Å². The molecule has 0 aliphatic heterocycles. The molecule has 0 aliphatic rings. The number of nitrogens with one attached hydrogen (secondary N) is 1. The van der Waals surface area contributed by atoms with Crippen LogP contribution in [0.2, 0.25) is 0 Å². The highest BCUT2D eigenvalue weighted by molar-refractivity contribution is 7.94. The van der Waals surface area contributed by atoms with Gasteiger partial charge in [-0.05, 0) is 79.4 Å². The Kier molecular flexibility index (Phi) is 10.8. The summed E-state index contributed by atoms with van der Waals surface area (Å²) >= 11 is 0.422. The number of carbonyl (C=O) groups is 1. The van der Waals surface area contributed by atoms with E-state index < -0.39 is 26.7 Å². The molecule has 0 aromatic heterocycles. The summed E-state index contributed by atoms with van der Waals surface area (Å²) in [4.78, 5) is 11.4. The number of aromatic hydroxyl groups is 2. The van der Waals surface area contributed by atoms with E-state index in [9.17, 15) is 28.0 Å². The number of anilines is 1. The topological polar surface area (TPSA) is 206 Å². The Hall–Kier alpha value is -5.75. The average Bonchev–Trinajstić information content (AvgIpc) is 3.11. The number of hydrogen-bond donors (Lipinski definition) is 5. The monoisotopic (exact) mass is 757 g/mol. The third-order valence-corrected chi connectivity index (χ3v) is 9.44. The van der Waals surface area contributed by atoms with Gasteiger partial charge in [-0.3, -0.25) is 9.35 Å². The van der Waals surface area contributed by atoms with Crippen molar-refractivity contribution >= 4 is 66.7 Å². The van der Waals surface area contributed by atoms with Gasteiger partial charge in [0, 0.05) is 28.6 Å². The van der Waals surface area contributed by atoms with Crippen LogP contribution in [0, 0.1) is 13.8 Å². The number of amides is 1. The van der Waals surface area contributed by atoms with Crippen molar-refractivity contribution in [2.24, 2.45) is 10.2 Å². The third-order valence-electron chi connectivity index (χ3n) is 7.99. The number of carbonyl (C=O) groups excluding carboxylic acids is 1. The first-order valence-corrected chi connectivity index (χ1v) is 17.9. The Morgan fingerprint density at radius 1 is 0.868 bits per heavy atom. The SMILES string of the molecule is CC(=O)Nc1cc(S(=O)(=O)O)cc2cc(SOOO)c(N=Nc3ccc(Oc4cc(COc5ccc(C)cc5C)c(O)c5ccccc45)cc3)c(O)c12. The van der Waals surface area contributed by atoms with Gasteiger partial charge in [-0.15, -0.1) is 9.45 Å². The minimum absolute atomic E-state index is 0.0144. The molecule has 1 amide bonds. The van der Waals surface area contributed by atoms with E-state index in [0.717, 1.165) is 23.3 Å². The summed E-state index contributed by atoms with van der Waals surface area (Å²) in [5.41, 5.74) is 2.63. The van der Waals surface area contributed by atoms with Gasteiger partial charge < -0.3 is 25.0 Å².